The molecule has 0 unspecified atom stereocenters. The zero-order valence-electron chi connectivity index (χ0n) is 15.5. The van der Waals surface area contributed by atoms with Crippen molar-refractivity contribution in [2.75, 3.05) is 27.4 Å². The van der Waals surface area contributed by atoms with Crippen LogP contribution in [0.25, 0.3) is 16.9 Å². The van der Waals surface area contributed by atoms with Crippen LogP contribution >= 0.6 is 0 Å². The number of ether oxygens (including phenoxy) is 2. The number of hydrogen-bond donors (Lipinski definition) is 1. The van der Waals surface area contributed by atoms with Crippen LogP contribution in [0.5, 0.6) is 5.75 Å². The fourth-order valence-corrected chi connectivity index (χ4v) is 2.81. The number of nitrogens with zero attached hydrogens (tertiary/aromatic N) is 2. The van der Waals surface area contributed by atoms with Gasteiger partial charge in [-0.15, -0.1) is 0 Å². The standard InChI is InChI=1S/C21H23N3O3/c1-26-14-8-13-22-21(25)18-15-24(16-9-4-3-5-10-16)23-20(18)17-11-6-7-12-19(17)27-2/h3-7,9-12,15H,8,13-14H2,1-2H3,(H,22,25). The van der Waals surface area contributed by atoms with Gasteiger partial charge in [0.1, 0.15) is 11.4 Å². The molecule has 27 heavy (non-hydrogen) atoms. The molecule has 2 aromatic carbocycles. The second kappa shape index (κ2) is 9.00. The van der Waals surface area contributed by atoms with E-state index >= 15 is 0 Å². The quantitative estimate of drug-likeness (QED) is 0.622. The molecule has 3 aromatic rings. The number of carbonyl (C=O) groups is 1. The highest BCUT2D eigenvalue weighted by molar-refractivity contribution is 6.00. The van der Waals surface area contributed by atoms with Crippen molar-refractivity contribution in [2.45, 2.75) is 6.42 Å². The third-order valence-corrected chi connectivity index (χ3v) is 4.15. The van der Waals surface area contributed by atoms with Crippen LogP contribution in [0.2, 0.25) is 0 Å². The molecule has 3 rings (SSSR count). The summed E-state index contributed by atoms with van der Waals surface area (Å²) in [7, 11) is 3.25. The highest BCUT2D eigenvalue weighted by atomic mass is 16.5. The van der Waals surface area contributed by atoms with E-state index in [9.17, 15) is 4.79 Å². The summed E-state index contributed by atoms with van der Waals surface area (Å²) in [5, 5.41) is 7.61. The third-order valence-electron chi connectivity index (χ3n) is 4.15. The Bertz CT molecular complexity index is 891. The van der Waals surface area contributed by atoms with Crippen LogP contribution in [0.3, 0.4) is 0 Å². The van der Waals surface area contributed by atoms with Gasteiger partial charge in [0.15, 0.2) is 0 Å². The van der Waals surface area contributed by atoms with Gasteiger partial charge in [-0.25, -0.2) is 4.68 Å². The van der Waals surface area contributed by atoms with E-state index in [2.05, 4.69) is 10.4 Å². The van der Waals surface area contributed by atoms with Gasteiger partial charge < -0.3 is 14.8 Å². The minimum atomic E-state index is -0.172. The van der Waals surface area contributed by atoms with Crippen LogP contribution in [0, 0.1) is 0 Å². The zero-order chi connectivity index (χ0) is 19.1. The van der Waals surface area contributed by atoms with Gasteiger partial charge in [0, 0.05) is 32.0 Å². The van der Waals surface area contributed by atoms with E-state index in [1.165, 1.54) is 0 Å². The van der Waals surface area contributed by atoms with E-state index in [4.69, 9.17) is 9.47 Å². The van der Waals surface area contributed by atoms with E-state index in [1.54, 1.807) is 25.1 Å². The monoisotopic (exact) mass is 365 g/mol. The first-order valence-electron chi connectivity index (χ1n) is 8.80. The molecule has 0 aliphatic carbocycles. The van der Waals surface area contributed by atoms with Crippen LogP contribution in [-0.2, 0) is 4.74 Å². The summed E-state index contributed by atoms with van der Waals surface area (Å²) in [5.74, 6) is 0.499. The second-order valence-electron chi connectivity index (χ2n) is 5.97. The molecule has 0 radical (unpaired) electrons. The average Bonchev–Trinajstić information content (AvgIpc) is 3.17. The van der Waals surface area contributed by atoms with Gasteiger partial charge in [0.2, 0.25) is 0 Å². The van der Waals surface area contributed by atoms with Crippen LogP contribution < -0.4 is 10.1 Å². The lowest BCUT2D eigenvalue weighted by Gasteiger charge is -2.08. The highest BCUT2D eigenvalue weighted by Crippen LogP contribution is 2.31. The lowest BCUT2D eigenvalue weighted by molar-refractivity contribution is 0.0949. The number of para-hydroxylation sites is 2. The molecule has 1 aromatic heterocycles. The largest absolute Gasteiger partial charge is 0.496 e. The first kappa shape index (κ1) is 18.7. The van der Waals surface area contributed by atoms with Crippen molar-refractivity contribution >= 4 is 5.91 Å². The second-order valence-corrected chi connectivity index (χ2v) is 5.97. The van der Waals surface area contributed by atoms with E-state index < -0.39 is 0 Å². The molecule has 1 N–H and O–H groups in total. The third kappa shape index (κ3) is 4.35. The van der Waals surface area contributed by atoms with E-state index in [-0.39, 0.29) is 5.91 Å². The molecule has 1 amide bonds. The maximum absolute atomic E-state index is 12.8. The topological polar surface area (TPSA) is 65.4 Å². The molecule has 6 nitrogen and oxygen atoms in total. The number of aromatic nitrogens is 2. The van der Waals surface area contributed by atoms with E-state index in [0.29, 0.717) is 30.2 Å². The maximum atomic E-state index is 12.8. The number of rotatable bonds is 8. The minimum absolute atomic E-state index is 0.172. The Labute approximate surface area is 158 Å². The van der Waals surface area contributed by atoms with Crippen LogP contribution in [0.1, 0.15) is 16.8 Å². The normalized spacial score (nSPS) is 10.6. The molecule has 0 fully saturated rings. The Morgan fingerprint density at radius 2 is 1.81 bits per heavy atom. The lowest BCUT2D eigenvalue weighted by atomic mass is 10.1. The zero-order valence-corrected chi connectivity index (χ0v) is 15.5. The number of nitrogens with one attached hydrogen (secondary N) is 1. The summed E-state index contributed by atoms with van der Waals surface area (Å²) >= 11 is 0. The number of benzene rings is 2. The summed E-state index contributed by atoms with van der Waals surface area (Å²) < 4.78 is 12.2. The van der Waals surface area contributed by atoms with Gasteiger partial charge in [0.05, 0.1) is 18.4 Å². The van der Waals surface area contributed by atoms with Gasteiger partial charge in [-0.05, 0) is 30.7 Å². The Kier molecular flexibility index (Phi) is 6.22. The Morgan fingerprint density at radius 3 is 2.56 bits per heavy atom. The fourth-order valence-electron chi connectivity index (χ4n) is 2.81. The average molecular weight is 365 g/mol. The summed E-state index contributed by atoms with van der Waals surface area (Å²) in [4.78, 5) is 12.8. The van der Waals surface area contributed by atoms with Gasteiger partial charge in [-0.2, -0.15) is 5.10 Å². The molecule has 0 saturated heterocycles. The van der Waals surface area contributed by atoms with Crippen molar-refractivity contribution in [2.24, 2.45) is 0 Å². The van der Waals surface area contributed by atoms with Gasteiger partial charge in [-0.1, -0.05) is 30.3 Å². The Balaban J connectivity index is 1.99. The molecule has 1 heterocycles. The molecule has 0 aliphatic heterocycles. The van der Waals surface area contributed by atoms with Crippen LogP contribution in [0.4, 0.5) is 0 Å². The molecule has 0 atom stereocenters. The molecule has 140 valence electrons. The molecular weight excluding hydrogens is 342 g/mol. The number of hydrogen-bond acceptors (Lipinski definition) is 4. The number of carbonyl (C=O) groups excluding carboxylic acids is 1. The smallest absolute Gasteiger partial charge is 0.255 e. The van der Waals surface area contributed by atoms with Crippen molar-refractivity contribution in [3.63, 3.8) is 0 Å². The molecule has 0 spiro atoms. The number of amides is 1. The molecular formula is C21H23N3O3. The first-order chi connectivity index (χ1) is 13.2. The van der Waals surface area contributed by atoms with Crippen molar-refractivity contribution in [1.29, 1.82) is 0 Å². The minimum Gasteiger partial charge on any atom is -0.496 e. The van der Waals surface area contributed by atoms with E-state index in [0.717, 1.165) is 17.7 Å². The predicted octanol–water partition coefficient (Wildman–Crippen LogP) is 3.31. The maximum Gasteiger partial charge on any atom is 0.255 e. The van der Waals surface area contributed by atoms with Crippen LogP contribution in [-0.4, -0.2) is 43.1 Å². The fraction of sp³-hybridized carbons (Fsp3) is 0.238. The highest BCUT2D eigenvalue weighted by Gasteiger charge is 2.20. The van der Waals surface area contributed by atoms with Crippen LogP contribution in [0.15, 0.2) is 60.8 Å². The lowest BCUT2D eigenvalue weighted by Crippen LogP contribution is -2.25. The molecule has 0 saturated carbocycles. The number of methoxy groups -OCH3 is 2. The van der Waals surface area contributed by atoms with Crippen molar-refractivity contribution < 1.29 is 14.3 Å². The Hall–Kier alpha value is -3.12. The first-order valence-corrected chi connectivity index (χ1v) is 8.80. The summed E-state index contributed by atoms with van der Waals surface area (Å²) in [6.45, 7) is 1.14. The summed E-state index contributed by atoms with van der Waals surface area (Å²) in [6.07, 6.45) is 2.50. The van der Waals surface area contributed by atoms with Gasteiger partial charge in [0.25, 0.3) is 5.91 Å². The van der Waals surface area contributed by atoms with Crippen molar-refractivity contribution in [3.8, 4) is 22.7 Å². The van der Waals surface area contributed by atoms with Gasteiger partial charge in [-0.3, -0.25) is 4.79 Å². The van der Waals surface area contributed by atoms with Crippen molar-refractivity contribution in [3.05, 3.63) is 66.4 Å². The van der Waals surface area contributed by atoms with Crippen molar-refractivity contribution in [1.82, 2.24) is 15.1 Å². The summed E-state index contributed by atoms with van der Waals surface area (Å²) in [5.41, 5.74) is 2.74. The van der Waals surface area contributed by atoms with E-state index in [1.807, 2.05) is 54.6 Å². The summed E-state index contributed by atoms with van der Waals surface area (Å²) in [6, 6.07) is 17.3. The molecule has 0 bridgehead atoms. The molecule has 0 aliphatic rings. The molecule has 6 heteroatoms. The Morgan fingerprint density at radius 1 is 1.07 bits per heavy atom. The predicted molar refractivity (Wildman–Crippen MR) is 104 cm³/mol. The SMILES string of the molecule is COCCCNC(=O)c1cn(-c2ccccc2)nc1-c1ccccc1OC. The van der Waals surface area contributed by atoms with Gasteiger partial charge >= 0.3 is 0 Å².